The number of rotatable bonds is 6. The number of nitrogens with one attached hydrogen (secondary N) is 2. The summed E-state index contributed by atoms with van der Waals surface area (Å²) in [6.45, 7) is 4.80. The summed E-state index contributed by atoms with van der Waals surface area (Å²) in [6.07, 6.45) is 5.21. The highest BCUT2D eigenvalue weighted by atomic mass is 16.3. The fourth-order valence-corrected chi connectivity index (χ4v) is 3.72. The van der Waals surface area contributed by atoms with Crippen molar-refractivity contribution in [3.8, 4) is 0 Å². The van der Waals surface area contributed by atoms with Gasteiger partial charge in [-0.05, 0) is 36.0 Å². The Kier molecular flexibility index (Phi) is 5.92. The van der Waals surface area contributed by atoms with Gasteiger partial charge in [-0.1, -0.05) is 57.0 Å². The summed E-state index contributed by atoms with van der Waals surface area (Å²) in [5.41, 5.74) is 1.09. The van der Waals surface area contributed by atoms with Crippen molar-refractivity contribution in [2.45, 2.75) is 45.2 Å². The summed E-state index contributed by atoms with van der Waals surface area (Å²) in [7, 11) is 0. The van der Waals surface area contributed by atoms with E-state index in [0.29, 0.717) is 11.8 Å². The lowest BCUT2D eigenvalue weighted by molar-refractivity contribution is -0.121. The molecule has 1 aliphatic carbocycles. The van der Waals surface area contributed by atoms with Crippen LogP contribution in [-0.4, -0.2) is 18.5 Å². The Labute approximate surface area is 150 Å². The van der Waals surface area contributed by atoms with E-state index in [1.165, 1.54) is 12.8 Å². The van der Waals surface area contributed by atoms with E-state index in [2.05, 4.69) is 24.5 Å². The quantitative estimate of drug-likeness (QED) is 0.838. The molecule has 1 aliphatic rings. The summed E-state index contributed by atoms with van der Waals surface area (Å²) in [4.78, 5) is 12.5. The number of carbonyl (C=O) groups is 1. The third-order valence-corrected chi connectivity index (χ3v) is 5.48. The number of hydrogen-bond donors (Lipinski definition) is 2. The van der Waals surface area contributed by atoms with Crippen LogP contribution in [0, 0.1) is 11.8 Å². The van der Waals surface area contributed by atoms with Gasteiger partial charge in [-0.2, -0.15) is 0 Å². The molecule has 1 saturated carbocycles. The SMILES string of the molecule is C[C@H]1[C@@H](NC(=O)CN[C@@H](c2ccccc2)c2ccco2)CCC[C@@H]1C. The average Bonchev–Trinajstić information content (AvgIpc) is 3.14. The van der Waals surface area contributed by atoms with Gasteiger partial charge in [0.15, 0.2) is 0 Å². The molecule has 3 rings (SSSR count). The van der Waals surface area contributed by atoms with Gasteiger partial charge in [0, 0.05) is 6.04 Å². The van der Waals surface area contributed by atoms with Gasteiger partial charge in [0.25, 0.3) is 0 Å². The summed E-state index contributed by atoms with van der Waals surface area (Å²) in [5, 5.41) is 6.57. The van der Waals surface area contributed by atoms with Crippen molar-refractivity contribution >= 4 is 5.91 Å². The normalized spacial score (nSPS) is 24.6. The topological polar surface area (TPSA) is 54.3 Å². The van der Waals surface area contributed by atoms with E-state index in [-0.39, 0.29) is 24.5 Å². The van der Waals surface area contributed by atoms with E-state index in [1.807, 2.05) is 42.5 Å². The highest BCUT2D eigenvalue weighted by molar-refractivity contribution is 5.78. The zero-order valence-corrected chi connectivity index (χ0v) is 15.1. The molecule has 0 saturated heterocycles. The van der Waals surface area contributed by atoms with Crippen LogP contribution < -0.4 is 10.6 Å². The van der Waals surface area contributed by atoms with Gasteiger partial charge in [0.1, 0.15) is 5.76 Å². The first-order valence-corrected chi connectivity index (χ1v) is 9.26. The van der Waals surface area contributed by atoms with Crippen molar-refractivity contribution in [3.05, 3.63) is 60.1 Å². The maximum atomic E-state index is 12.5. The maximum Gasteiger partial charge on any atom is 0.234 e. The molecule has 0 radical (unpaired) electrons. The first-order valence-electron chi connectivity index (χ1n) is 9.26. The standard InChI is InChI=1S/C21H28N2O2/c1-15-8-6-11-18(16(15)2)23-20(24)14-22-21(19-12-7-13-25-19)17-9-4-3-5-10-17/h3-5,7,9-10,12-13,15-16,18,21-22H,6,8,11,14H2,1-2H3,(H,23,24)/t15-,16+,18-,21-/m0/s1. The van der Waals surface area contributed by atoms with Gasteiger partial charge < -0.3 is 9.73 Å². The predicted octanol–water partition coefficient (Wildman–Crippen LogP) is 3.90. The molecule has 1 amide bonds. The highest BCUT2D eigenvalue weighted by Gasteiger charge is 2.28. The van der Waals surface area contributed by atoms with Gasteiger partial charge in [-0.15, -0.1) is 0 Å². The lowest BCUT2D eigenvalue weighted by atomic mass is 9.78. The van der Waals surface area contributed by atoms with Crippen molar-refractivity contribution in [2.24, 2.45) is 11.8 Å². The minimum absolute atomic E-state index is 0.0541. The van der Waals surface area contributed by atoms with E-state index in [9.17, 15) is 4.79 Å². The average molecular weight is 340 g/mol. The Hall–Kier alpha value is -2.07. The van der Waals surface area contributed by atoms with E-state index in [1.54, 1.807) is 6.26 Å². The molecule has 2 aromatic rings. The molecule has 0 bridgehead atoms. The molecule has 4 heteroatoms. The Morgan fingerprint density at radius 1 is 1.16 bits per heavy atom. The largest absolute Gasteiger partial charge is 0.467 e. The Bertz CT molecular complexity index is 654. The summed E-state index contributed by atoms with van der Waals surface area (Å²) >= 11 is 0. The van der Waals surface area contributed by atoms with E-state index in [4.69, 9.17) is 4.42 Å². The van der Waals surface area contributed by atoms with Crippen LogP contribution >= 0.6 is 0 Å². The van der Waals surface area contributed by atoms with Crippen LogP contribution in [-0.2, 0) is 4.79 Å². The number of carbonyl (C=O) groups excluding carboxylic acids is 1. The third-order valence-electron chi connectivity index (χ3n) is 5.48. The van der Waals surface area contributed by atoms with E-state index < -0.39 is 0 Å². The second-order valence-electron chi connectivity index (χ2n) is 7.18. The molecule has 1 heterocycles. The molecule has 1 aromatic carbocycles. The zero-order valence-electron chi connectivity index (χ0n) is 15.1. The smallest absolute Gasteiger partial charge is 0.234 e. The van der Waals surface area contributed by atoms with Crippen molar-refractivity contribution in [3.63, 3.8) is 0 Å². The summed E-state index contributed by atoms with van der Waals surface area (Å²) in [5.74, 6) is 2.08. The first kappa shape index (κ1) is 17.7. The van der Waals surface area contributed by atoms with Crippen LogP contribution in [0.25, 0.3) is 0 Å². The molecule has 4 atom stereocenters. The second kappa shape index (κ2) is 8.34. The summed E-state index contributed by atoms with van der Waals surface area (Å²) in [6, 6.07) is 14.1. The molecule has 2 N–H and O–H groups in total. The molecule has 0 unspecified atom stereocenters. The highest BCUT2D eigenvalue weighted by Crippen LogP contribution is 2.29. The van der Waals surface area contributed by atoms with E-state index >= 15 is 0 Å². The molecule has 1 aromatic heterocycles. The van der Waals surface area contributed by atoms with Crippen molar-refractivity contribution in [1.82, 2.24) is 10.6 Å². The fraction of sp³-hybridized carbons (Fsp3) is 0.476. The molecular formula is C21H28N2O2. The fourth-order valence-electron chi connectivity index (χ4n) is 3.72. The maximum absolute atomic E-state index is 12.5. The van der Waals surface area contributed by atoms with Crippen LogP contribution in [0.2, 0.25) is 0 Å². The van der Waals surface area contributed by atoms with Crippen LogP contribution in [0.4, 0.5) is 0 Å². The second-order valence-corrected chi connectivity index (χ2v) is 7.18. The molecule has 134 valence electrons. The van der Waals surface area contributed by atoms with Crippen LogP contribution in [0.3, 0.4) is 0 Å². The van der Waals surface area contributed by atoms with Gasteiger partial charge in [0.05, 0.1) is 18.8 Å². The van der Waals surface area contributed by atoms with Gasteiger partial charge in [-0.3, -0.25) is 10.1 Å². The van der Waals surface area contributed by atoms with Crippen LogP contribution in [0.1, 0.15) is 50.5 Å². The van der Waals surface area contributed by atoms with Gasteiger partial charge in [0.2, 0.25) is 5.91 Å². The Balaban J connectivity index is 1.60. The molecule has 25 heavy (non-hydrogen) atoms. The third kappa shape index (κ3) is 4.51. The van der Waals surface area contributed by atoms with Crippen molar-refractivity contribution < 1.29 is 9.21 Å². The minimum atomic E-state index is -0.121. The molecule has 1 fully saturated rings. The van der Waals surface area contributed by atoms with Crippen LogP contribution in [0.15, 0.2) is 53.1 Å². The molecule has 4 nitrogen and oxygen atoms in total. The Morgan fingerprint density at radius 3 is 2.68 bits per heavy atom. The number of amides is 1. The zero-order chi connectivity index (χ0) is 17.6. The Morgan fingerprint density at radius 2 is 1.96 bits per heavy atom. The number of hydrogen-bond acceptors (Lipinski definition) is 3. The molecular weight excluding hydrogens is 312 g/mol. The van der Waals surface area contributed by atoms with E-state index in [0.717, 1.165) is 17.7 Å². The van der Waals surface area contributed by atoms with Crippen molar-refractivity contribution in [1.29, 1.82) is 0 Å². The first-order chi connectivity index (χ1) is 12.1. The predicted molar refractivity (Wildman–Crippen MR) is 99.1 cm³/mol. The van der Waals surface area contributed by atoms with Gasteiger partial charge >= 0.3 is 0 Å². The number of benzene rings is 1. The van der Waals surface area contributed by atoms with Gasteiger partial charge in [-0.25, -0.2) is 0 Å². The van der Waals surface area contributed by atoms with Crippen LogP contribution in [0.5, 0.6) is 0 Å². The lowest BCUT2D eigenvalue weighted by Gasteiger charge is -2.34. The lowest BCUT2D eigenvalue weighted by Crippen LogP contribution is -2.47. The van der Waals surface area contributed by atoms with Crippen molar-refractivity contribution in [2.75, 3.05) is 6.54 Å². The molecule has 0 aliphatic heterocycles. The monoisotopic (exact) mass is 340 g/mol. The summed E-state index contributed by atoms with van der Waals surface area (Å²) < 4.78 is 5.57. The minimum Gasteiger partial charge on any atom is -0.467 e. The molecule has 0 spiro atoms. The number of furan rings is 1.